The lowest BCUT2D eigenvalue weighted by molar-refractivity contribution is 0.364. The monoisotopic (exact) mass is 400 g/mol. The first-order chi connectivity index (χ1) is 10.4. The fourth-order valence-corrected chi connectivity index (χ4v) is 2.80. The van der Waals surface area contributed by atoms with E-state index in [4.69, 9.17) is 4.18 Å². The van der Waals surface area contributed by atoms with Crippen molar-refractivity contribution in [2.24, 2.45) is 0 Å². The standard InChI is InChI=1S/C19H24OS.5FH/c1-2-3-4-6-9-17-12-14-18(15-13-17)16-20-21-19-10-7-5-8-11-19;;;;;/h5,7-8,10-15H,2-4,6,9,16H2,1H3;5*1H. The van der Waals surface area contributed by atoms with Crippen molar-refractivity contribution in [3.63, 3.8) is 0 Å². The number of unbranched alkanes of at least 4 members (excludes halogenated alkanes) is 3. The maximum absolute atomic E-state index is 5.68. The second kappa shape index (κ2) is 19.7. The summed E-state index contributed by atoms with van der Waals surface area (Å²) in [5.74, 6) is 0. The van der Waals surface area contributed by atoms with E-state index in [1.165, 1.54) is 55.3 Å². The summed E-state index contributed by atoms with van der Waals surface area (Å²) in [7, 11) is 0. The van der Waals surface area contributed by atoms with Crippen LogP contribution in [0.15, 0.2) is 59.5 Å². The third-order valence-electron chi connectivity index (χ3n) is 3.47. The van der Waals surface area contributed by atoms with Crippen molar-refractivity contribution in [3.8, 4) is 0 Å². The van der Waals surface area contributed by atoms with Crippen molar-refractivity contribution >= 4 is 12.0 Å². The molecule has 0 saturated heterocycles. The largest absolute Gasteiger partial charge is 0.305 e. The zero-order chi connectivity index (χ0) is 14.8. The Morgan fingerprint density at radius 3 is 1.85 bits per heavy atom. The molecule has 26 heavy (non-hydrogen) atoms. The summed E-state index contributed by atoms with van der Waals surface area (Å²) in [5.41, 5.74) is 2.67. The van der Waals surface area contributed by atoms with E-state index in [2.05, 4.69) is 43.3 Å². The number of hydrogen-bond acceptors (Lipinski definition) is 2. The third-order valence-corrected chi connectivity index (χ3v) is 4.17. The van der Waals surface area contributed by atoms with Crippen molar-refractivity contribution in [1.82, 2.24) is 0 Å². The van der Waals surface area contributed by atoms with Crippen LogP contribution in [0.3, 0.4) is 0 Å². The van der Waals surface area contributed by atoms with Gasteiger partial charge in [-0.25, -0.2) is 0 Å². The molecule has 0 bridgehead atoms. The average Bonchev–Trinajstić information content (AvgIpc) is 2.54. The van der Waals surface area contributed by atoms with Gasteiger partial charge < -0.3 is 4.18 Å². The molecule has 0 heterocycles. The van der Waals surface area contributed by atoms with Crippen LogP contribution in [0.2, 0.25) is 0 Å². The topological polar surface area (TPSA) is 9.23 Å². The molecule has 1 nitrogen and oxygen atoms in total. The molecule has 0 fully saturated rings. The fraction of sp³-hybridized carbons (Fsp3) is 0.368. The molecule has 0 radical (unpaired) electrons. The Balaban J connectivity index is -0.000000484. The maximum Gasteiger partial charge on any atom is 0.0869 e. The van der Waals surface area contributed by atoms with Gasteiger partial charge in [0.15, 0.2) is 0 Å². The van der Waals surface area contributed by atoms with Gasteiger partial charge in [0.2, 0.25) is 0 Å². The van der Waals surface area contributed by atoms with Gasteiger partial charge in [-0.15, -0.1) is 0 Å². The molecule has 7 heteroatoms. The zero-order valence-corrected chi connectivity index (χ0v) is 15.6. The van der Waals surface area contributed by atoms with Crippen molar-refractivity contribution in [1.29, 1.82) is 0 Å². The number of aryl methyl sites for hydroxylation is 1. The molecular formula is C19H29F5OS. The molecule has 0 spiro atoms. The first-order valence-corrected chi connectivity index (χ1v) is 8.55. The second-order valence-corrected chi connectivity index (χ2v) is 6.16. The molecule has 2 aromatic carbocycles. The summed E-state index contributed by atoms with van der Waals surface area (Å²) < 4.78 is 5.68. The van der Waals surface area contributed by atoms with Crippen LogP contribution >= 0.6 is 12.0 Å². The Kier molecular flexibility index (Phi) is 24.4. The number of benzene rings is 2. The van der Waals surface area contributed by atoms with E-state index < -0.39 is 0 Å². The quantitative estimate of drug-likeness (QED) is 0.260. The Morgan fingerprint density at radius 2 is 1.27 bits per heavy atom. The van der Waals surface area contributed by atoms with Gasteiger partial charge in [-0.3, -0.25) is 23.5 Å². The van der Waals surface area contributed by atoms with Gasteiger partial charge >= 0.3 is 0 Å². The van der Waals surface area contributed by atoms with Crippen molar-refractivity contribution < 1.29 is 27.7 Å². The molecule has 0 aliphatic rings. The van der Waals surface area contributed by atoms with E-state index in [1.807, 2.05) is 18.2 Å². The molecule has 0 unspecified atom stereocenters. The number of halogens is 5. The van der Waals surface area contributed by atoms with Crippen LogP contribution in [-0.4, -0.2) is 0 Å². The molecule has 0 aliphatic heterocycles. The van der Waals surface area contributed by atoms with E-state index in [0.717, 1.165) is 4.90 Å². The lowest BCUT2D eigenvalue weighted by atomic mass is 10.0. The molecular weight excluding hydrogens is 371 g/mol. The molecule has 152 valence electrons. The average molecular weight is 400 g/mol. The Labute approximate surface area is 156 Å². The van der Waals surface area contributed by atoms with Gasteiger partial charge in [0.1, 0.15) is 0 Å². The van der Waals surface area contributed by atoms with E-state index in [0.29, 0.717) is 6.61 Å². The lowest BCUT2D eigenvalue weighted by Crippen LogP contribution is -1.89. The zero-order valence-electron chi connectivity index (χ0n) is 14.8. The van der Waals surface area contributed by atoms with Gasteiger partial charge in [0.05, 0.1) is 6.61 Å². The van der Waals surface area contributed by atoms with Crippen LogP contribution < -0.4 is 0 Å². The highest BCUT2D eigenvalue weighted by atomic mass is 32.2. The summed E-state index contributed by atoms with van der Waals surface area (Å²) in [6.45, 7) is 2.90. The maximum atomic E-state index is 5.68. The van der Waals surface area contributed by atoms with E-state index >= 15 is 0 Å². The molecule has 0 aromatic heterocycles. The van der Waals surface area contributed by atoms with Crippen molar-refractivity contribution in [3.05, 3.63) is 65.7 Å². The predicted octanol–water partition coefficient (Wildman–Crippen LogP) is 6.80. The minimum absolute atomic E-state index is 0. The van der Waals surface area contributed by atoms with Gasteiger partial charge in [0, 0.05) is 16.9 Å². The highest BCUT2D eigenvalue weighted by Crippen LogP contribution is 2.20. The number of rotatable bonds is 9. The Hall–Kier alpha value is -1.60. The van der Waals surface area contributed by atoms with Gasteiger partial charge in [-0.1, -0.05) is 68.7 Å². The second-order valence-electron chi connectivity index (χ2n) is 5.29. The van der Waals surface area contributed by atoms with Crippen LogP contribution in [0, 0.1) is 0 Å². The fourth-order valence-electron chi connectivity index (χ4n) is 2.20. The van der Waals surface area contributed by atoms with E-state index in [9.17, 15) is 0 Å². The smallest absolute Gasteiger partial charge is 0.0869 e. The van der Waals surface area contributed by atoms with Crippen LogP contribution in [0.5, 0.6) is 0 Å². The molecule has 2 rings (SSSR count). The highest BCUT2D eigenvalue weighted by molar-refractivity contribution is 7.94. The van der Waals surface area contributed by atoms with Crippen molar-refractivity contribution in [2.45, 2.75) is 50.5 Å². The van der Waals surface area contributed by atoms with Gasteiger partial charge in [0.25, 0.3) is 0 Å². The van der Waals surface area contributed by atoms with Crippen LogP contribution in [0.4, 0.5) is 23.5 Å². The number of hydrogen-bond donors (Lipinski definition) is 0. The van der Waals surface area contributed by atoms with Gasteiger partial charge in [-0.2, -0.15) is 0 Å². The van der Waals surface area contributed by atoms with Gasteiger partial charge in [-0.05, 0) is 36.1 Å². The molecule has 0 amide bonds. The third kappa shape index (κ3) is 12.7. The highest BCUT2D eigenvalue weighted by Gasteiger charge is 1.98. The summed E-state index contributed by atoms with van der Waals surface area (Å²) in [5, 5.41) is 0. The Morgan fingerprint density at radius 1 is 0.692 bits per heavy atom. The molecule has 0 saturated carbocycles. The SMILES string of the molecule is CCCCCCc1ccc(COSc2ccccc2)cc1.F.F.F.F.F. The van der Waals surface area contributed by atoms with E-state index in [1.54, 1.807) is 0 Å². The first-order valence-electron chi connectivity index (χ1n) is 7.81. The normalized spacial score (nSPS) is 8.65. The van der Waals surface area contributed by atoms with Crippen LogP contribution in [0.25, 0.3) is 0 Å². The molecule has 0 aliphatic carbocycles. The molecule has 0 N–H and O–H groups in total. The Bertz CT molecular complexity index is 511. The summed E-state index contributed by atoms with van der Waals surface area (Å²) in [4.78, 5) is 1.14. The summed E-state index contributed by atoms with van der Waals surface area (Å²) in [6, 6.07) is 19.0. The van der Waals surface area contributed by atoms with Crippen LogP contribution in [-0.2, 0) is 17.2 Å². The van der Waals surface area contributed by atoms with Crippen molar-refractivity contribution in [2.75, 3.05) is 0 Å². The molecule has 2 aromatic rings. The predicted molar refractivity (Wildman–Crippen MR) is 104 cm³/mol. The minimum Gasteiger partial charge on any atom is -0.305 e. The molecule has 0 atom stereocenters. The summed E-state index contributed by atoms with van der Waals surface area (Å²) in [6.07, 6.45) is 6.49. The van der Waals surface area contributed by atoms with Crippen LogP contribution in [0.1, 0.15) is 43.7 Å². The summed E-state index contributed by atoms with van der Waals surface area (Å²) >= 11 is 1.44. The van der Waals surface area contributed by atoms with E-state index in [-0.39, 0.29) is 23.5 Å². The first kappa shape index (κ1) is 32.1. The lowest BCUT2D eigenvalue weighted by Gasteiger charge is -2.05. The minimum atomic E-state index is 0.